The number of benzene rings is 2. The topological polar surface area (TPSA) is 62.3 Å². The molecule has 1 aromatic heterocycles. The number of aromatic nitrogens is 1. The minimum absolute atomic E-state index is 0.0663. The van der Waals surface area contributed by atoms with E-state index < -0.39 is 6.04 Å². The number of hydrogen-bond donors (Lipinski definition) is 1. The second kappa shape index (κ2) is 8.81. The molecule has 1 N–H and O–H groups in total. The normalized spacial score (nSPS) is 20.0. The molecular formula is C30H31N3O2. The lowest BCUT2D eigenvalue weighted by atomic mass is 9.77. The highest BCUT2D eigenvalue weighted by Gasteiger charge is 2.40. The van der Waals surface area contributed by atoms with Crippen LogP contribution in [0.1, 0.15) is 69.2 Å². The molecule has 0 saturated carbocycles. The Bertz CT molecular complexity index is 1300. The third-order valence-corrected chi connectivity index (χ3v) is 7.08. The number of fused-ring (bicyclic) bond motifs is 1. The van der Waals surface area contributed by atoms with Gasteiger partial charge >= 0.3 is 0 Å². The van der Waals surface area contributed by atoms with Crippen LogP contribution in [-0.4, -0.2) is 16.7 Å². The molecule has 5 rings (SSSR count). The maximum absolute atomic E-state index is 13.8. The van der Waals surface area contributed by atoms with Crippen LogP contribution < -0.4 is 10.2 Å². The van der Waals surface area contributed by atoms with Gasteiger partial charge in [0.1, 0.15) is 0 Å². The van der Waals surface area contributed by atoms with Crippen molar-refractivity contribution in [3.8, 4) is 0 Å². The van der Waals surface area contributed by atoms with Crippen LogP contribution >= 0.6 is 0 Å². The molecule has 2 atom stereocenters. The second-order valence-electron chi connectivity index (χ2n) is 10.5. The van der Waals surface area contributed by atoms with Gasteiger partial charge in [0.05, 0.1) is 17.4 Å². The molecule has 2 aliphatic rings. The van der Waals surface area contributed by atoms with Gasteiger partial charge in [0.2, 0.25) is 5.91 Å². The fourth-order valence-electron chi connectivity index (χ4n) is 5.28. The van der Waals surface area contributed by atoms with Crippen LogP contribution in [0.2, 0.25) is 0 Å². The van der Waals surface area contributed by atoms with Gasteiger partial charge in [-0.25, -0.2) is 0 Å². The van der Waals surface area contributed by atoms with Crippen molar-refractivity contribution in [1.82, 2.24) is 4.98 Å². The van der Waals surface area contributed by atoms with E-state index in [-0.39, 0.29) is 23.0 Å². The minimum Gasteiger partial charge on any atom is -0.357 e. The van der Waals surface area contributed by atoms with Gasteiger partial charge < -0.3 is 5.32 Å². The molecule has 0 bridgehead atoms. The summed E-state index contributed by atoms with van der Waals surface area (Å²) in [7, 11) is 0. The Morgan fingerprint density at radius 1 is 0.971 bits per heavy atom. The summed E-state index contributed by atoms with van der Waals surface area (Å²) < 4.78 is 0. The predicted octanol–water partition coefficient (Wildman–Crippen LogP) is 6.30. The zero-order valence-electron chi connectivity index (χ0n) is 20.7. The van der Waals surface area contributed by atoms with Crippen molar-refractivity contribution < 1.29 is 9.59 Å². The van der Waals surface area contributed by atoms with E-state index in [2.05, 4.69) is 55.3 Å². The van der Waals surface area contributed by atoms with E-state index in [0.29, 0.717) is 18.4 Å². The quantitative estimate of drug-likeness (QED) is 0.482. The third-order valence-electron chi connectivity index (χ3n) is 7.08. The molecule has 3 aromatic rings. The second-order valence-corrected chi connectivity index (χ2v) is 10.5. The number of Topliss-reactive ketones (excluding diaryl/α,β-unsaturated/α-hetero) is 1. The summed E-state index contributed by atoms with van der Waals surface area (Å²) in [6, 6.07) is 19.7. The van der Waals surface area contributed by atoms with E-state index in [1.807, 2.05) is 36.4 Å². The number of anilines is 2. The molecule has 35 heavy (non-hydrogen) atoms. The summed E-state index contributed by atoms with van der Waals surface area (Å²) in [6.45, 7) is 8.17. The van der Waals surface area contributed by atoms with E-state index >= 15 is 0 Å². The van der Waals surface area contributed by atoms with Gasteiger partial charge in [-0.15, -0.1) is 0 Å². The Morgan fingerprint density at radius 3 is 2.37 bits per heavy atom. The van der Waals surface area contributed by atoms with E-state index in [1.165, 1.54) is 11.1 Å². The van der Waals surface area contributed by atoms with Crippen LogP contribution in [0.15, 0.2) is 84.3 Å². The maximum atomic E-state index is 13.8. The molecule has 5 nitrogen and oxygen atoms in total. The van der Waals surface area contributed by atoms with Crippen molar-refractivity contribution in [2.24, 2.45) is 0 Å². The van der Waals surface area contributed by atoms with Gasteiger partial charge in [0.25, 0.3) is 0 Å². The zero-order chi connectivity index (χ0) is 24.7. The van der Waals surface area contributed by atoms with Gasteiger partial charge in [-0.1, -0.05) is 63.2 Å². The number of para-hydroxylation sites is 2. The van der Waals surface area contributed by atoms with E-state index in [1.54, 1.807) is 24.2 Å². The molecule has 0 spiro atoms. The number of hydrogen-bond acceptors (Lipinski definition) is 4. The van der Waals surface area contributed by atoms with Gasteiger partial charge in [0, 0.05) is 37.0 Å². The van der Waals surface area contributed by atoms with E-state index in [0.717, 1.165) is 22.6 Å². The van der Waals surface area contributed by atoms with Crippen LogP contribution in [0, 0.1) is 0 Å². The van der Waals surface area contributed by atoms with Gasteiger partial charge in [-0.2, -0.15) is 0 Å². The Labute approximate surface area is 206 Å². The number of amides is 1. The summed E-state index contributed by atoms with van der Waals surface area (Å²) in [5.41, 5.74) is 6.49. The SMILES string of the molecule is CC(=O)N1c2ccccc2NC2=C(C(=O)C[C@H](c3ccc(C(C)(C)C)cc3)C2)[C@H]1c1cccnc1. The highest BCUT2D eigenvalue weighted by molar-refractivity contribution is 6.05. The molecule has 0 radical (unpaired) electrons. The van der Waals surface area contributed by atoms with Gasteiger partial charge in [0.15, 0.2) is 5.78 Å². The minimum atomic E-state index is -0.524. The zero-order valence-corrected chi connectivity index (χ0v) is 20.7. The number of allylic oxidation sites excluding steroid dienone is 1. The standard InChI is InChI=1S/C30H31N3O2/c1-19(34)33-26-10-6-5-9-24(26)32-25-16-22(20-11-13-23(14-12-20)30(2,3)4)17-27(35)28(25)29(33)21-8-7-15-31-18-21/h5-15,18,22,29,32H,16-17H2,1-4H3/t22-,29-/m1/s1. The maximum Gasteiger partial charge on any atom is 0.224 e. The molecule has 1 aliphatic heterocycles. The average molecular weight is 466 g/mol. The first-order valence-electron chi connectivity index (χ1n) is 12.2. The molecule has 178 valence electrons. The third kappa shape index (κ3) is 4.27. The number of rotatable bonds is 2. The molecule has 0 unspecified atom stereocenters. The number of carbonyl (C=O) groups excluding carboxylic acids is 2. The monoisotopic (exact) mass is 465 g/mol. The molecule has 1 aliphatic carbocycles. The molecule has 5 heteroatoms. The highest BCUT2D eigenvalue weighted by Crippen LogP contribution is 2.47. The molecule has 0 fully saturated rings. The average Bonchev–Trinajstić information content (AvgIpc) is 2.99. The van der Waals surface area contributed by atoms with Crippen molar-refractivity contribution in [3.05, 3.63) is 101 Å². The summed E-state index contributed by atoms with van der Waals surface area (Å²) in [5.74, 6) is 0.0273. The molecular weight excluding hydrogens is 434 g/mol. The molecule has 0 saturated heterocycles. The van der Waals surface area contributed by atoms with Crippen LogP contribution in [0.25, 0.3) is 0 Å². The predicted molar refractivity (Wildman–Crippen MR) is 139 cm³/mol. The lowest BCUT2D eigenvalue weighted by Gasteiger charge is -2.34. The van der Waals surface area contributed by atoms with Crippen molar-refractivity contribution in [3.63, 3.8) is 0 Å². The largest absolute Gasteiger partial charge is 0.357 e. The lowest BCUT2D eigenvalue weighted by molar-refractivity contribution is -0.117. The number of carbonyl (C=O) groups is 2. The molecule has 1 amide bonds. The Morgan fingerprint density at radius 2 is 1.71 bits per heavy atom. The fourth-order valence-corrected chi connectivity index (χ4v) is 5.28. The number of nitrogens with one attached hydrogen (secondary N) is 1. The Balaban J connectivity index is 1.62. The van der Waals surface area contributed by atoms with Crippen LogP contribution in [0.5, 0.6) is 0 Å². The highest BCUT2D eigenvalue weighted by atomic mass is 16.2. The number of nitrogens with zero attached hydrogens (tertiary/aromatic N) is 2. The summed E-state index contributed by atoms with van der Waals surface area (Å²) in [4.78, 5) is 32.9. The Hall–Kier alpha value is -3.73. The Kier molecular flexibility index (Phi) is 5.79. The van der Waals surface area contributed by atoms with Crippen LogP contribution in [-0.2, 0) is 15.0 Å². The van der Waals surface area contributed by atoms with Crippen LogP contribution in [0.3, 0.4) is 0 Å². The summed E-state index contributed by atoms with van der Waals surface area (Å²) >= 11 is 0. The van der Waals surface area contributed by atoms with Crippen molar-refractivity contribution in [1.29, 1.82) is 0 Å². The smallest absolute Gasteiger partial charge is 0.224 e. The summed E-state index contributed by atoms with van der Waals surface area (Å²) in [6.07, 6.45) is 4.57. The van der Waals surface area contributed by atoms with Crippen LogP contribution in [0.4, 0.5) is 11.4 Å². The fraction of sp³-hybridized carbons (Fsp3) is 0.300. The number of ketones is 1. The van der Waals surface area contributed by atoms with Gasteiger partial charge in [-0.3, -0.25) is 19.5 Å². The van der Waals surface area contributed by atoms with Crippen molar-refractivity contribution in [2.75, 3.05) is 10.2 Å². The van der Waals surface area contributed by atoms with E-state index in [9.17, 15) is 9.59 Å². The van der Waals surface area contributed by atoms with Crippen molar-refractivity contribution in [2.45, 2.75) is 57.9 Å². The van der Waals surface area contributed by atoms with E-state index in [4.69, 9.17) is 0 Å². The molecule has 2 aromatic carbocycles. The summed E-state index contributed by atoms with van der Waals surface area (Å²) in [5, 5.41) is 3.56. The first-order chi connectivity index (χ1) is 16.7. The van der Waals surface area contributed by atoms with Gasteiger partial charge in [-0.05, 0) is 52.6 Å². The van der Waals surface area contributed by atoms with Crippen molar-refractivity contribution >= 4 is 23.1 Å². The first kappa shape index (κ1) is 23.0. The first-order valence-corrected chi connectivity index (χ1v) is 12.2. The molecule has 2 heterocycles. The lowest BCUT2D eigenvalue weighted by Crippen LogP contribution is -2.37. The number of pyridine rings is 1.